The Hall–Kier alpha value is -0.410. The molecular formula is C7H10O3. The number of carbonyl (C=O) groups excluding carboxylic acids is 1. The zero-order valence-electron chi connectivity index (χ0n) is 5.71. The summed E-state index contributed by atoms with van der Waals surface area (Å²) in [5, 5.41) is 0. The van der Waals surface area contributed by atoms with Gasteiger partial charge in [-0.2, -0.15) is 0 Å². The molecule has 0 spiro atoms. The van der Waals surface area contributed by atoms with Gasteiger partial charge in [-0.25, -0.2) is 9.78 Å². The van der Waals surface area contributed by atoms with Crippen LogP contribution in [-0.2, 0) is 14.6 Å². The number of carbonyl (C=O) groups is 1. The molecule has 1 heterocycles. The van der Waals surface area contributed by atoms with E-state index in [0.717, 1.165) is 6.42 Å². The van der Waals surface area contributed by atoms with E-state index in [9.17, 15) is 4.79 Å². The van der Waals surface area contributed by atoms with Gasteiger partial charge in [-0.1, -0.05) is 0 Å². The summed E-state index contributed by atoms with van der Waals surface area (Å²) in [5.74, 6) is 0.754. The number of hydrogen-bond acceptors (Lipinski definition) is 3. The van der Waals surface area contributed by atoms with Gasteiger partial charge in [-0.3, -0.25) is 4.79 Å². The standard InChI is InChI=1S/C7H10O3/c8-6-1-5-2-7(3-6)10-9-4-5/h5,7H,1-4H2. The molecule has 2 atom stereocenters. The van der Waals surface area contributed by atoms with Crippen molar-refractivity contribution in [3.05, 3.63) is 0 Å². The Bertz CT molecular complexity index is 141. The third-order valence-corrected chi connectivity index (χ3v) is 2.08. The van der Waals surface area contributed by atoms with Gasteiger partial charge in [0, 0.05) is 12.8 Å². The van der Waals surface area contributed by atoms with Crippen molar-refractivity contribution in [3.8, 4) is 0 Å². The Morgan fingerprint density at radius 2 is 2.30 bits per heavy atom. The molecule has 2 bridgehead atoms. The first-order valence-electron chi connectivity index (χ1n) is 3.64. The minimum absolute atomic E-state index is 0.0556. The van der Waals surface area contributed by atoms with Crippen molar-refractivity contribution in [1.82, 2.24) is 0 Å². The van der Waals surface area contributed by atoms with Gasteiger partial charge in [-0.15, -0.1) is 0 Å². The summed E-state index contributed by atoms with van der Waals surface area (Å²) in [6.45, 7) is 0.599. The highest BCUT2D eigenvalue weighted by Gasteiger charge is 2.32. The molecule has 10 heavy (non-hydrogen) atoms. The Balaban J connectivity index is 2.05. The van der Waals surface area contributed by atoms with Crippen LogP contribution < -0.4 is 0 Å². The molecule has 0 N–H and O–H groups in total. The van der Waals surface area contributed by atoms with E-state index in [2.05, 4.69) is 0 Å². The Morgan fingerprint density at radius 1 is 1.40 bits per heavy atom. The van der Waals surface area contributed by atoms with E-state index in [1.807, 2.05) is 0 Å². The zero-order chi connectivity index (χ0) is 6.97. The summed E-state index contributed by atoms with van der Waals surface area (Å²) in [5.41, 5.74) is 0. The SMILES string of the molecule is O=C1CC2COOC(C1)C2. The summed E-state index contributed by atoms with van der Waals surface area (Å²) in [7, 11) is 0. The molecule has 0 aromatic heterocycles. The quantitative estimate of drug-likeness (QED) is 0.467. The van der Waals surface area contributed by atoms with Crippen molar-refractivity contribution < 1.29 is 14.6 Å². The van der Waals surface area contributed by atoms with E-state index in [1.165, 1.54) is 0 Å². The van der Waals surface area contributed by atoms with Gasteiger partial charge >= 0.3 is 0 Å². The fourth-order valence-corrected chi connectivity index (χ4v) is 1.63. The van der Waals surface area contributed by atoms with Gasteiger partial charge in [-0.05, 0) is 12.3 Å². The molecule has 3 nitrogen and oxygen atoms in total. The molecule has 0 aromatic carbocycles. The number of Topliss-reactive ketones (excluding diaryl/α,β-unsaturated/α-hetero) is 1. The molecule has 2 rings (SSSR count). The molecule has 1 saturated heterocycles. The number of hydrogen-bond donors (Lipinski definition) is 0. The maximum Gasteiger partial charge on any atom is 0.135 e. The smallest absolute Gasteiger partial charge is 0.135 e. The first-order valence-corrected chi connectivity index (χ1v) is 3.64. The lowest BCUT2D eigenvalue weighted by molar-refractivity contribution is -0.358. The summed E-state index contributed by atoms with van der Waals surface area (Å²) in [4.78, 5) is 20.7. The highest BCUT2D eigenvalue weighted by molar-refractivity contribution is 5.80. The lowest BCUT2D eigenvalue weighted by atomic mass is 9.86. The second-order valence-corrected chi connectivity index (χ2v) is 3.05. The van der Waals surface area contributed by atoms with E-state index >= 15 is 0 Å². The molecule has 3 heteroatoms. The second-order valence-electron chi connectivity index (χ2n) is 3.05. The van der Waals surface area contributed by atoms with Crippen LogP contribution in [0.1, 0.15) is 19.3 Å². The van der Waals surface area contributed by atoms with E-state index in [-0.39, 0.29) is 6.10 Å². The van der Waals surface area contributed by atoms with Crippen molar-refractivity contribution in [2.24, 2.45) is 5.92 Å². The molecule has 2 fully saturated rings. The third kappa shape index (κ3) is 1.07. The predicted molar refractivity (Wildman–Crippen MR) is 33.2 cm³/mol. The average Bonchev–Trinajstić information content (AvgIpc) is 1.85. The zero-order valence-corrected chi connectivity index (χ0v) is 5.71. The first-order chi connectivity index (χ1) is 4.84. The third-order valence-electron chi connectivity index (χ3n) is 2.08. The minimum atomic E-state index is 0.0556. The lowest BCUT2D eigenvalue weighted by Gasteiger charge is -2.31. The molecule has 2 unspecified atom stereocenters. The van der Waals surface area contributed by atoms with Crippen LogP contribution in [0.15, 0.2) is 0 Å². The lowest BCUT2D eigenvalue weighted by Crippen LogP contribution is -2.35. The summed E-state index contributed by atoms with van der Waals surface area (Å²) in [6.07, 6.45) is 2.31. The van der Waals surface area contributed by atoms with Gasteiger partial charge < -0.3 is 0 Å². The summed E-state index contributed by atoms with van der Waals surface area (Å²) in [6, 6.07) is 0. The van der Waals surface area contributed by atoms with Crippen molar-refractivity contribution >= 4 is 5.78 Å². The Kier molecular flexibility index (Phi) is 1.47. The fraction of sp³-hybridized carbons (Fsp3) is 0.857. The van der Waals surface area contributed by atoms with Crippen LogP contribution in [0.25, 0.3) is 0 Å². The number of fused-ring (bicyclic) bond motifs is 2. The molecule has 1 aliphatic heterocycles. The van der Waals surface area contributed by atoms with Crippen molar-refractivity contribution in [2.75, 3.05) is 6.61 Å². The highest BCUT2D eigenvalue weighted by atomic mass is 17.2. The van der Waals surface area contributed by atoms with Crippen LogP contribution in [0.4, 0.5) is 0 Å². The molecular weight excluding hydrogens is 132 g/mol. The van der Waals surface area contributed by atoms with E-state index in [0.29, 0.717) is 31.1 Å². The molecule has 2 aliphatic rings. The Labute approximate surface area is 59.2 Å². The minimum Gasteiger partial charge on any atom is -0.300 e. The fourth-order valence-electron chi connectivity index (χ4n) is 1.63. The summed E-state index contributed by atoms with van der Waals surface area (Å²) < 4.78 is 0. The van der Waals surface area contributed by atoms with Gasteiger partial charge in [0.05, 0.1) is 6.61 Å². The molecule has 56 valence electrons. The average molecular weight is 142 g/mol. The maximum atomic E-state index is 10.9. The van der Waals surface area contributed by atoms with E-state index in [4.69, 9.17) is 9.78 Å². The van der Waals surface area contributed by atoms with Crippen LogP contribution in [0.5, 0.6) is 0 Å². The second kappa shape index (κ2) is 2.32. The Morgan fingerprint density at radius 3 is 3.10 bits per heavy atom. The van der Waals surface area contributed by atoms with E-state index in [1.54, 1.807) is 0 Å². The van der Waals surface area contributed by atoms with Crippen LogP contribution in [0.2, 0.25) is 0 Å². The normalized spacial score (nSPS) is 39.8. The summed E-state index contributed by atoms with van der Waals surface area (Å²) >= 11 is 0. The van der Waals surface area contributed by atoms with Gasteiger partial charge in [0.25, 0.3) is 0 Å². The highest BCUT2D eigenvalue weighted by Crippen LogP contribution is 2.28. The number of rotatable bonds is 0. The van der Waals surface area contributed by atoms with Crippen LogP contribution in [0.3, 0.4) is 0 Å². The topological polar surface area (TPSA) is 35.5 Å². The van der Waals surface area contributed by atoms with Crippen molar-refractivity contribution in [3.63, 3.8) is 0 Å². The van der Waals surface area contributed by atoms with E-state index < -0.39 is 0 Å². The van der Waals surface area contributed by atoms with Crippen molar-refractivity contribution in [1.29, 1.82) is 0 Å². The first kappa shape index (κ1) is 6.31. The predicted octanol–water partition coefficient (Wildman–Crippen LogP) is 0.686. The van der Waals surface area contributed by atoms with Crippen LogP contribution >= 0.6 is 0 Å². The van der Waals surface area contributed by atoms with Crippen molar-refractivity contribution in [2.45, 2.75) is 25.4 Å². The molecule has 0 aromatic rings. The number of ketones is 1. The van der Waals surface area contributed by atoms with Gasteiger partial charge in [0.1, 0.15) is 11.9 Å². The monoisotopic (exact) mass is 142 g/mol. The molecule has 0 radical (unpaired) electrons. The van der Waals surface area contributed by atoms with Gasteiger partial charge in [0.15, 0.2) is 0 Å². The van der Waals surface area contributed by atoms with Crippen LogP contribution in [-0.4, -0.2) is 18.5 Å². The van der Waals surface area contributed by atoms with Gasteiger partial charge in [0.2, 0.25) is 0 Å². The largest absolute Gasteiger partial charge is 0.300 e. The molecule has 0 amide bonds. The molecule has 1 saturated carbocycles. The molecule has 1 aliphatic carbocycles. The van der Waals surface area contributed by atoms with Crippen LogP contribution in [0, 0.1) is 5.92 Å². The maximum absolute atomic E-state index is 10.9.